The number of anilines is 2. The minimum Gasteiger partial charge on any atom is -0.478 e. The molecule has 0 spiro atoms. The quantitative estimate of drug-likeness (QED) is 0.0628. The fourth-order valence-corrected chi connectivity index (χ4v) is 8.90. The molecule has 3 amide bonds. The van der Waals surface area contributed by atoms with Crippen LogP contribution in [0.25, 0.3) is 56.3 Å². The molecule has 17 heteroatoms. The van der Waals surface area contributed by atoms with Crippen LogP contribution in [0, 0.1) is 0 Å². The second-order valence-corrected chi connectivity index (χ2v) is 18.8. The number of hydrogen-bond acceptors (Lipinski definition) is 11. The van der Waals surface area contributed by atoms with Crippen molar-refractivity contribution < 1.29 is 33.1 Å². The molecular formula is C58H56Cl2N8O7. The number of fused-ring (bicyclic) bond motifs is 2. The van der Waals surface area contributed by atoms with E-state index in [0.29, 0.717) is 49.9 Å². The smallest absolute Gasteiger partial charge is 0.335 e. The van der Waals surface area contributed by atoms with E-state index in [1.807, 2.05) is 59.5 Å². The van der Waals surface area contributed by atoms with Gasteiger partial charge in [0.05, 0.1) is 28.7 Å². The highest BCUT2D eigenvalue weighted by Gasteiger charge is 2.19. The predicted octanol–water partition coefficient (Wildman–Crippen LogP) is 11.2. The molecule has 2 saturated heterocycles. The Morgan fingerprint density at radius 2 is 1.04 bits per heavy atom. The first kappa shape index (κ1) is 53.1. The van der Waals surface area contributed by atoms with Crippen LogP contribution < -0.4 is 27.4 Å². The number of likely N-dealkylation sites (tertiary alicyclic amines) is 1. The van der Waals surface area contributed by atoms with Crippen LogP contribution in [0.5, 0.6) is 0 Å². The maximum atomic E-state index is 12.8. The molecule has 2 fully saturated rings. The first-order valence-electron chi connectivity index (χ1n) is 24.6. The van der Waals surface area contributed by atoms with Crippen LogP contribution in [-0.2, 0) is 22.7 Å². The molecule has 15 nitrogen and oxygen atoms in total. The standard InChI is InChI=1S/C29H27ClN4O3.C24H18ClN3O4.C5H11N/c30-25-16-22(20-6-8-21(9-7-20)29(36)34-12-2-1-3-13-34)14-23-15-24(37-28(23)25)18-33-27(35)11-5-19-4-10-26(31)32-17-19;25-20-11-17(15-3-5-16(6-4-15)24(30)31)9-18-10-19(32-23(18)20)13-28-22(29)8-2-14-1-7-21(26)27-12-14;1-2-4-6-5-3-1/h4-11,14-17H,1-3,12-13,18H2,(H2,31,32)(H,33,35);1-12H,13H2,(H2,26,27)(H,28,29)(H,30,31);6H,1-5H2/b11-5+;8-2+;. The van der Waals surface area contributed by atoms with E-state index in [4.69, 9.17) is 48.6 Å². The number of carboxylic acid groups (broad SMARTS) is 1. The summed E-state index contributed by atoms with van der Waals surface area (Å²) in [7, 11) is 0. The molecule has 75 heavy (non-hydrogen) atoms. The molecule has 4 aromatic carbocycles. The number of benzene rings is 4. The van der Waals surface area contributed by atoms with Crippen LogP contribution in [0.4, 0.5) is 11.6 Å². The zero-order valence-electron chi connectivity index (χ0n) is 41.0. The Balaban J connectivity index is 0.000000180. The minimum absolute atomic E-state index is 0.0845. The largest absolute Gasteiger partial charge is 0.478 e. The maximum Gasteiger partial charge on any atom is 0.335 e. The van der Waals surface area contributed by atoms with Gasteiger partial charge in [0.15, 0.2) is 11.2 Å². The van der Waals surface area contributed by atoms with Crippen LogP contribution >= 0.6 is 23.2 Å². The van der Waals surface area contributed by atoms with Gasteiger partial charge in [0, 0.05) is 54.0 Å². The maximum absolute atomic E-state index is 12.8. The lowest BCUT2D eigenvalue weighted by Crippen LogP contribution is -2.35. The van der Waals surface area contributed by atoms with Crippen LogP contribution in [0.2, 0.25) is 10.0 Å². The number of carbonyl (C=O) groups excluding carboxylic acids is 3. The minimum atomic E-state index is -0.980. The lowest BCUT2D eigenvalue weighted by atomic mass is 10.0. The molecule has 384 valence electrons. The van der Waals surface area contributed by atoms with E-state index in [-0.39, 0.29) is 36.4 Å². The van der Waals surface area contributed by atoms with Gasteiger partial charge in [-0.15, -0.1) is 0 Å². The number of halogens is 2. The Hall–Kier alpha value is -8.24. The number of furan rings is 2. The number of nitrogens with two attached hydrogens (primary N) is 2. The van der Waals surface area contributed by atoms with Gasteiger partial charge in [-0.1, -0.05) is 53.9 Å². The SMILES string of the molecule is C1CCNCC1.Nc1ccc(/C=C/C(=O)NCc2cc3cc(-c4ccc(C(=O)N5CCCCC5)cc4)cc(Cl)c3o2)cn1.Nc1ccc(/C=C/C(=O)NCc2cc3cc(-c4ccc(C(=O)O)cc4)cc(Cl)c3o2)cn1. The summed E-state index contributed by atoms with van der Waals surface area (Å²) in [4.78, 5) is 58.0. The number of nitrogen functional groups attached to an aromatic ring is 2. The van der Waals surface area contributed by atoms with Gasteiger partial charge in [0.25, 0.3) is 5.91 Å². The van der Waals surface area contributed by atoms with Crippen molar-refractivity contribution in [2.45, 2.75) is 51.6 Å². The van der Waals surface area contributed by atoms with Crippen LogP contribution in [0.15, 0.2) is 143 Å². The van der Waals surface area contributed by atoms with Crippen molar-refractivity contribution in [1.29, 1.82) is 0 Å². The van der Waals surface area contributed by atoms with E-state index in [9.17, 15) is 19.2 Å². The highest BCUT2D eigenvalue weighted by Crippen LogP contribution is 2.35. The van der Waals surface area contributed by atoms with Crippen molar-refractivity contribution in [3.63, 3.8) is 0 Å². The van der Waals surface area contributed by atoms with Crippen molar-refractivity contribution in [2.24, 2.45) is 0 Å². The number of hydrogen-bond donors (Lipinski definition) is 6. The Morgan fingerprint density at radius 3 is 1.44 bits per heavy atom. The third-order valence-corrected chi connectivity index (χ3v) is 12.9. The number of rotatable bonds is 12. The third kappa shape index (κ3) is 14.9. The van der Waals surface area contributed by atoms with E-state index >= 15 is 0 Å². The van der Waals surface area contributed by atoms with E-state index in [1.165, 1.54) is 50.9 Å². The fraction of sp³-hybridized carbons (Fsp3) is 0.207. The normalized spacial score (nSPS) is 13.5. The molecule has 8 aromatic rings. The number of amides is 3. The second-order valence-electron chi connectivity index (χ2n) is 17.9. The average Bonchev–Trinajstić information content (AvgIpc) is 4.07. The lowest BCUT2D eigenvalue weighted by Gasteiger charge is -2.26. The monoisotopic (exact) mass is 1050 g/mol. The van der Waals surface area contributed by atoms with Gasteiger partial charge >= 0.3 is 5.97 Å². The van der Waals surface area contributed by atoms with Gasteiger partial charge in [-0.05, 0) is 176 Å². The summed E-state index contributed by atoms with van der Waals surface area (Å²) in [5, 5.41) is 20.4. The van der Waals surface area contributed by atoms with Gasteiger partial charge in [-0.25, -0.2) is 14.8 Å². The summed E-state index contributed by atoms with van der Waals surface area (Å²) in [6, 6.07) is 32.2. The highest BCUT2D eigenvalue weighted by atomic mass is 35.5. The van der Waals surface area contributed by atoms with Crippen molar-refractivity contribution in [3.8, 4) is 22.3 Å². The molecule has 0 aliphatic carbocycles. The van der Waals surface area contributed by atoms with E-state index < -0.39 is 5.97 Å². The van der Waals surface area contributed by atoms with Crippen molar-refractivity contribution >= 4 is 92.6 Å². The zero-order chi connectivity index (χ0) is 52.7. The molecule has 0 bridgehead atoms. The molecule has 6 heterocycles. The Bertz CT molecular complexity index is 3310. The number of aromatic nitrogens is 2. The van der Waals surface area contributed by atoms with E-state index in [1.54, 1.807) is 79.1 Å². The molecule has 0 unspecified atom stereocenters. The number of piperidine rings is 2. The Kier molecular flexibility index (Phi) is 18.1. The molecular weight excluding hydrogens is 992 g/mol. The van der Waals surface area contributed by atoms with Gasteiger partial charge in [-0.2, -0.15) is 0 Å². The molecule has 2 aliphatic rings. The summed E-state index contributed by atoms with van der Waals surface area (Å²) >= 11 is 12.9. The first-order chi connectivity index (χ1) is 36.3. The van der Waals surface area contributed by atoms with Gasteiger partial charge in [0.2, 0.25) is 11.8 Å². The molecule has 0 radical (unpaired) electrons. The van der Waals surface area contributed by atoms with E-state index in [0.717, 1.165) is 70.1 Å². The van der Waals surface area contributed by atoms with E-state index in [2.05, 4.69) is 25.9 Å². The van der Waals surface area contributed by atoms with Crippen LogP contribution in [0.3, 0.4) is 0 Å². The Morgan fingerprint density at radius 1 is 0.587 bits per heavy atom. The van der Waals surface area contributed by atoms with Crippen molar-refractivity contribution in [2.75, 3.05) is 37.6 Å². The topological polar surface area (TPSA) is 232 Å². The van der Waals surface area contributed by atoms with Crippen LogP contribution in [0.1, 0.15) is 81.9 Å². The number of pyridine rings is 2. The number of nitrogens with one attached hydrogen (secondary N) is 3. The van der Waals surface area contributed by atoms with Crippen LogP contribution in [-0.4, -0.2) is 69.8 Å². The summed E-state index contributed by atoms with van der Waals surface area (Å²) < 4.78 is 11.7. The number of carbonyl (C=O) groups is 4. The summed E-state index contributed by atoms with van der Waals surface area (Å²) in [5.41, 5.74) is 18.2. The molecule has 2 aliphatic heterocycles. The molecule has 0 saturated carbocycles. The lowest BCUT2D eigenvalue weighted by molar-refractivity contribution is -0.117. The average molecular weight is 1050 g/mol. The second kappa shape index (κ2) is 25.6. The fourth-order valence-electron chi connectivity index (χ4n) is 8.37. The molecule has 8 N–H and O–H groups in total. The predicted molar refractivity (Wildman–Crippen MR) is 296 cm³/mol. The first-order valence-corrected chi connectivity index (χ1v) is 25.3. The van der Waals surface area contributed by atoms with Gasteiger partial charge in [0.1, 0.15) is 23.2 Å². The molecule has 0 atom stereocenters. The highest BCUT2D eigenvalue weighted by molar-refractivity contribution is 6.35. The summed E-state index contributed by atoms with van der Waals surface area (Å²) in [6.45, 7) is 4.56. The summed E-state index contributed by atoms with van der Waals surface area (Å²) in [6.07, 6.45) is 16.8. The number of aromatic carboxylic acids is 1. The van der Waals surface area contributed by atoms with Gasteiger partial charge < -0.3 is 46.3 Å². The number of nitrogens with zero attached hydrogens (tertiary/aromatic N) is 3. The van der Waals surface area contributed by atoms with Crippen molar-refractivity contribution in [3.05, 3.63) is 178 Å². The zero-order valence-corrected chi connectivity index (χ0v) is 42.5. The van der Waals surface area contributed by atoms with Gasteiger partial charge in [-0.3, -0.25) is 14.4 Å². The number of carboxylic acids is 1. The molecule has 4 aromatic heterocycles. The Labute approximate surface area is 443 Å². The molecule has 10 rings (SSSR count). The third-order valence-electron chi connectivity index (χ3n) is 12.4. The summed E-state index contributed by atoms with van der Waals surface area (Å²) in [5.74, 6) is 0.538. The van der Waals surface area contributed by atoms with Crippen molar-refractivity contribution in [1.82, 2.24) is 30.8 Å².